The van der Waals surface area contributed by atoms with Gasteiger partial charge in [0.15, 0.2) is 0 Å². The molecular weight excluding hydrogens is 470 g/mol. The Balaban J connectivity index is 1.27. The van der Waals surface area contributed by atoms with Crippen LogP contribution >= 0.6 is 11.3 Å². The molecule has 0 spiro atoms. The Morgan fingerprint density at radius 3 is 2.47 bits per heavy atom. The molecule has 0 unspecified atom stereocenters. The lowest BCUT2D eigenvalue weighted by Crippen LogP contribution is -2.29. The fourth-order valence-electron chi connectivity index (χ4n) is 4.74. The van der Waals surface area contributed by atoms with Gasteiger partial charge < -0.3 is 14.9 Å². The highest BCUT2D eigenvalue weighted by atomic mass is 32.1. The van der Waals surface area contributed by atoms with Gasteiger partial charge in [-0.1, -0.05) is 41.6 Å². The van der Waals surface area contributed by atoms with Crippen LogP contribution in [0.4, 0.5) is 5.95 Å². The zero-order chi connectivity index (χ0) is 24.3. The summed E-state index contributed by atoms with van der Waals surface area (Å²) in [7, 11) is 0. The number of hydrogen-bond acceptors (Lipinski definition) is 8. The van der Waals surface area contributed by atoms with Crippen LogP contribution in [0.25, 0.3) is 21.3 Å². The second kappa shape index (κ2) is 10.2. The largest absolute Gasteiger partial charge is 0.393 e. The summed E-state index contributed by atoms with van der Waals surface area (Å²) in [5.41, 5.74) is 6.16. The minimum Gasteiger partial charge on any atom is -0.393 e. The fraction of sp³-hybridized carbons (Fsp3) is 0.286. The summed E-state index contributed by atoms with van der Waals surface area (Å²) in [6.45, 7) is 0. The SMILES string of the molecule is OC1CCC(Nc2nc(Cc3ccccc3)cc(Cc3nc4ccc(-c5cnoc5)cc4s3)n2)CC1. The Morgan fingerprint density at radius 1 is 0.889 bits per heavy atom. The van der Waals surface area contributed by atoms with E-state index < -0.39 is 0 Å². The lowest BCUT2D eigenvalue weighted by molar-refractivity contribution is 0.126. The second-order valence-corrected chi connectivity index (χ2v) is 10.5. The van der Waals surface area contributed by atoms with Crippen LogP contribution in [0.15, 0.2) is 71.6 Å². The van der Waals surface area contributed by atoms with Gasteiger partial charge in [0, 0.05) is 24.4 Å². The number of rotatable bonds is 7. The molecule has 3 aromatic heterocycles. The van der Waals surface area contributed by atoms with Crippen LogP contribution in [-0.4, -0.2) is 37.4 Å². The van der Waals surface area contributed by atoms with Gasteiger partial charge in [-0.05, 0) is 55.0 Å². The van der Waals surface area contributed by atoms with Gasteiger partial charge in [-0.25, -0.2) is 15.0 Å². The van der Waals surface area contributed by atoms with Gasteiger partial charge in [0.25, 0.3) is 0 Å². The van der Waals surface area contributed by atoms with Crippen molar-refractivity contribution in [2.24, 2.45) is 0 Å². The number of nitrogens with zero attached hydrogens (tertiary/aromatic N) is 4. The Kier molecular flexibility index (Phi) is 6.44. The van der Waals surface area contributed by atoms with E-state index in [1.54, 1.807) is 23.8 Å². The van der Waals surface area contributed by atoms with Crippen molar-refractivity contribution < 1.29 is 9.63 Å². The summed E-state index contributed by atoms with van der Waals surface area (Å²) in [5.74, 6) is 0.663. The number of aromatic nitrogens is 4. The summed E-state index contributed by atoms with van der Waals surface area (Å²) in [6.07, 6.45) is 8.06. The van der Waals surface area contributed by atoms with Crippen LogP contribution in [0.5, 0.6) is 0 Å². The van der Waals surface area contributed by atoms with E-state index in [0.717, 1.165) is 69.8 Å². The number of anilines is 1. The summed E-state index contributed by atoms with van der Waals surface area (Å²) in [6, 6.07) is 19.0. The monoisotopic (exact) mass is 497 g/mol. The normalized spacial score (nSPS) is 17.9. The molecule has 8 heteroatoms. The summed E-state index contributed by atoms with van der Waals surface area (Å²) in [5, 5.41) is 18.2. The van der Waals surface area contributed by atoms with Gasteiger partial charge in [-0.2, -0.15) is 0 Å². The van der Waals surface area contributed by atoms with E-state index in [9.17, 15) is 5.11 Å². The first-order chi connectivity index (χ1) is 17.7. The third kappa shape index (κ3) is 5.29. The topological polar surface area (TPSA) is 97.0 Å². The third-order valence-corrected chi connectivity index (χ3v) is 7.64. The van der Waals surface area contributed by atoms with E-state index in [4.69, 9.17) is 19.5 Å². The van der Waals surface area contributed by atoms with Crippen molar-refractivity contribution in [1.82, 2.24) is 20.1 Å². The number of hydrogen-bond donors (Lipinski definition) is 2. The van der Waals surface area contributed by atoms with Crippen molar-refractivity contribution in [2.45, 2.75) is 50.7 Å². The van der Waals surface area contributed by atoms with Gasteiger partial charge in [0.2, 0.25) is 5.95 Å². The molecule has 1 aliphatic carbocycles. The molecule has 182 valence electrons. The van der Waals surface area contributed by atoms with E-state index in [2.05, 4.69) is 46.9 Å². The molecule has 5 aromatic rings. The molecule has 36 heavy (non-hydrogen) atoms. The maximum Gasteiger partial charge on any atom is 0.223 e. The van der Waals surface area contributed by atoms with E-state index in [-0.39, 0.29) is 12.1 Å². The molecule has 1 aliphatic rings. The molecule has 3 heterocycles. The van der Waals surface area contributed by atoms with Crippen LogP contribution in [-0.2, 0) is 12.8 Å². The number of benzene rings is 2. The van der Waals surface area contributed by atoms with E-state index in [1.165, 1.54) is 5.56 Å². The molecule has 0 aliphatic heterocycles. The van der Waals surface area contributed by atoms with Crippen LogP contribution in [0.2, 0.25) is 0 Å². The lowest BCUT2D eigenvalue weighted by atomic mass is 9.93. The summed E-state index contributed by atoms with van der Waals surface area (Å²) >= 11 is 1.68. The van der Waals surface area contributed by atoms with E-state index >= 15 is 0 Å². The van der Waals surface area contributed by atoms with Crippen molar-refractivity contribution in [3.63, 3.8) is 0 Å². The summed E-state index contributed by atoms with van der Waals surface area (Å²) in [4.78, 5) is 14.6. The van der Waals surface area contributed by atoms with Crippen molar-refractivity contribution in [1.29, 1.82) is 0 Å². The average molecular weight is 498 g/mol. The molecule has 1 fully saturated rings. The van der Waals surface area contributed by atoms with Gasteiger partial charge in [-0.3, -0.25) is 0 Å². The number of nitrogens with one attached hydrogen (secondary N) is 1. The Hall–Kier alpha value is -3.62. The molecule has 2 N–H and O–H groups in total. The molecule has 0 saturated heterocycles. The zero-order valence-corrected chi connectivity index (χ0v) is 20.6. The van der Waals surface area contributed by atoms with Gasteiger partial charge in [0.1, 0.15) is 6.26 Å². The summed E-state index contributed by atoms with van der Waals surface area (Å²) < 4.78 is 6.12. The van der Waals surface area contributed by atoms with Crippen LogP contribution < -0.4 is 5.32 Å². The Morgan fingerprint density at radius 2 is 1.69 bits per heavy atom. The number of fused-ring (bicyclic) bond motifs is 1. The van der Waals surface area contributed by atoms with Gasteiger partial charge in [0.05, 0.1) is 38.9 Å². The first kappa shape index (κ1) is 22.8. The van der Waals surface area contributed by atoms with Crippen molar-refractivity contribution in [2.75, 3.05) is 5.32 Å². The maximum absolute atomic E-state index is 9.87. The minimum absolute atomic E-state index is 0.187. The third-order valence-electron chi connectivity index (χ3n) is 6.62. The molecule has 0 bridgehead atoms. The number of aliphatic hydroxyl groups excluding tert-OH is 1. The maximum atomic E-state index is 9.87. The first-order valence-corrected chi connectivity index (χ1v) is 13.1. The molecule has 7 nitrogen and oxygen atoms in total. The van der Waals surface area contributed by atoms with Crippen LogP contribution in [0.3, 0.4) is 0 Å². The van der Waals surface area contributed by atoms with Crippen molar-refractivity contribution >= 4 is 27.5 Å². The Labute approximate surface area is 213 Å². The lowest BCUT2D eigenvalue weighted by Gasteiger charge is -2.26. The molecule has 2 aromatic carbocycles. The fourth-order valence-corrected chi connectivity index (χ4v) is 5.76. The Bertz CT molecular complexity index is 1440. The highest BCUT2D eigenvalue weighted by Gasteiger charge is 2.20. The first-order valence-electron chi connectivity index (χ1n) is 12.3. The van der Waals surface area contributed by atoms with Crippen LogP contribution in [0.1, 0.15) is 47.6 Å². The molecule has 1 saturated carbocycles. The van der Waals surface area contributed by atoms with Crippen molar-refractivity contribution in [3.05, 3.63) is 89.0 Å². The quantitative estimate of drug-likeness (QED) is 0.300. The average Bonchev–Trinajstić information content (AvgIpc) is 3.55. The van der Waals surface area contributed by atoms with E-state index in [1.807, 2.05) is 18.2 Å². The van der Waals surface area contributed by atoms with Gasteiger partial charge >= 0.3 is 0 Å². The minimum atomic E-state index is -0.187. The predicted octanol–water partition coefficient (Wildman–Crippen LogP) is 5.64. The molecular formula is C28H27N5O2S. The predicted molar refractivity (Wildman–Crippen MR) is 141 cm³/mol. The second-order valence-electron chi connectivity index (χ2n) is 9.37. The number of thiazole rings is 1. The smallest absolute Gasteiger partial charge is 0.223 e. The van der Waals surface area contributed by atoms with Crippen LogP contribution in [0, 0.1) is 0 Å². The zero-order valence-electron chi connectivity index (χ0n) is 19.8. The van der Waals surface area contributed by atoms with Gasteiger partial charge in [-0.15, -0.1) is 11.3 Å². The molecule has 0 atom stereocenters. The molecule has 0 radical (unpaired) electrons. The standard InChI is InChI=1S/C28H27N5O2S/c34-24-9-7-21(8-10-24)30-28-31-22(12-18-4-2-1-3-5-18)14-23(32-28)15-27-33-25-11-6-19(13-26(25)36-27)20-16-29-35-17-20/h1-6,11,13-14,16-17,21,24,34H,7-10,12,15H2,(H,30,31,32). The van der Waals surface area contributed by atoms with E-state index in [0.29, 0.717) is 12.4 Å². The molecule has 6 rings (SSSR count). The number of aliphatic hydroxyl groups is 1. The van der Waals surface area contributed by atoms with Crippen molar-refractivity contribution in [3.8, 4) is 11.1 Å². The molecule has 0 amide bonds. The highest BCUT2D eigenvalue weighted by molar-refractivity contribution is 7.18. The highest BCUT2D eigenvalue weighted by Crippen LogP contribution is 2.29.